The van der Waals surface area contributed by atoms with Crippen molar-refractivity contribution in [3.05, 3.63) is 13.8 Å². The third-order valence-corrected chi connectivity index (χ3v) is 0. The average Bonchev–Trinajstić information content (AvgIpc) is 1.50. The van der Waals surface area contributed by atoms with Gasteiger partial charge in [0.15, 0.2) is 0 Å². The number of rotatable bonds is 0. The molecule has 7 heavy (non-hydrogen) atoms. The molecule has 0 aliphatic heterocycles. The van der Waals surface area contributed by atoms with Crippen molar-refractivity contribution < 1.29 is 0 Å². The van der Waals surface area contributed by atoms with E-state index in [9.17, 15) is 0 Å². The van der Waals surface area contributed by atoms with Gasteiger partial charge in [-0.15, -0.1) is 0 Å². The van der Waals surface area contributed by atoms with Gasteiger partial charge in [0.1, 0.15) is 0 Å². The van der Waals surface area contributed by atoms with Gasteiger partial charge in [0.05, 0.1) is 0 Å². The molecule has 6 radical (unpaired) electrons. The Labute approximate surface area is 69.9 Å². The SMILES string of the molecule is C.C.[CH2]C.[CH2]C.[Pb]. The van der Waals surface area contributed by atoms with Crippen LogP contribution in [0, 0.1) is 13.8 Å². The smallest absolute Gasteiger partial charge is 0 e. The molecule has 0 rings (SSSR count). The molecule has 0 bridgehead atoms. The standard InChI is InChI=1S/2C2H5.2CH4.Pb/c2*1-2;;;/h2*1H2,2H3;2*1H4;. The van der Waals surface area contributed by atoms with E-state index in [1.54, 1.807) is 13.8 Å². The first-order valence-electron chi connectivity index (χ1n) is 1.41. The van der Waals surface area contributed by atoms with Gasteiger partial charge in [0.2, 0.25) is 0 Å². The minimum Gasteiger partial charge on any atom is -0.0776 e. The molecule has 0 atom stereocenters. The Morgan fingerprint density at radius 1 is 0.714 bits per heavy atom. The van der Waals surface area contributed by atoms with Crippen LogP contribution in [0.4, 0.5) is 0 Å². The molecular weight excluding hydrogens is 279 g/mol. The van der Waals surface area contributed by atoms with Crippen LogP contribution in [0.5, 0.6) is 0 Å². The van der Waals surface area contributed by atoms with Crippen LogP contribution >= 0.6 is 0 Å². The number of hydrogen-bond donors (Lipinski definition) is 0. The van der Waals surface area contributed by atoms with E-state index in [0.717, 1.165) is 0 Å². The molecule has 0 N–H and O–H groups in total. The maximum absolute atomic E-state index is 3.25. The second kappa shape index (κ2) is 286. The van der Waals surface area contributed by atoms with Crippen LogP contribution in [0.2, 0.25) is 0 Å². The van der Waals surface area contributed by atoms with E-state index in [0.29, 0.717) is 0 Å². The van der Waals surface area contributed by atoms with Crippen LogP contribution < -0.4 is 0 Å². The molecule has 0 aromatic heterocycles. The Morgan fingerprint density at radius 2 is 0.714 bits per heavy atom. The third-order valence-electron chi connectivity index (χ3n) is 0. The van der Waals surface area contributed by atoms with Crippen molar-refractivity contribution in [3.63, 3.8) is 0 Å². The fraction of sp³-hybridized carbons (Fsp3) is 0.667. The second-order valence-electron chi connectivity index (χ2n) is 0. The van der Waals surface area contributed by atoms with Crippen LogP contribution in [-0.4, -0.2) is 27.3 Å². The molecule has 1 heteroatoms. The second-order valence-corrected chi connectivity index (χ2v) is 0. The summed E-state index contributed by atoms with van der Waals surface area (Å²) in [6.45, 7) is 10.0. The topological polar surface area (TPSA) is 0 Å². The van der Waals surface area contributed by atoms with E-state index in [1.165, 1.54) is 0 Å². The molecule has 0 aromatic carbocycles. The largest absolute Gasteiger partial charge is 0.0776 e. The summed E-state index contributed by atoms with van der Waals surface area (Å²) in [5.74, 6) is 0. The third kappa shape index (κ3) is 197. The molecule has 0 saturated carbocycles. The van der Waals surface area contributed by atoms with E-state index in [-0.39, 0.29) is 42.2 Å². The van der Waals surface area contributed by atoms with E-state index >= 15 is 0 Å². The summed E-state index contributed by atoms with van der Waals surface area (Å²) in [6, 6.07) is 0. The summed E-state index contributed by atoms with van der Waals surface area (Å²) in [5, 5.41) is 0. The zero-order valence-corrected chi connectivity index (χ0v) is 7.80. The normalized spacial score (nSPS) is 1.71. The first kappa shape index (κ1) is 44.5. The summed E-state index contributed by atoms with van der Waals surface area (Å²) in [7, 11) is 0. The Morgan fingerprint density at radius 3 is 0.714 bits per heavy atom. The van der Waals surface area contributed by atoms with Gasteiger partial charge in [-0.3, -0.25) is 0 Å². The zero-order chi connectivity index (χ0) is 4.00. The summed E-state index contributed by atoms with van der Waals surface area (Å²) in [6.07, 6.45) is 0. The number of hydrogen-bond acceptors (Lipinski definition) is 0. The van der Waals surface area contributed by atoms with Gasteiger partial charge in [-0.1, -0.05) is 42.5 Å². The maximum Gasteiger partial charge on any atom is 0 e. The average molecular weight is 297 g/mol. The molecule has 0 fully saturated rings. The van der Waals surface area contributed by atoms with E-state index in [2.05, 4.69) is 13.8 Å². The van der Waals surface area contributed by atoms with Gasteiger partial charge in [-0.2, -0.15) is 0 Å². The Kier molecular flexibility index (Phi) is 1810. The van der Waals surface area contributed by atoms with Crippen LogP contribution in [0.25, 0.3) is 0 Å². The summed E-state index contributed by atoms with van der Waals surface area (Å²) in [5.41, 5.74) is 0. The summed E-state index contributed by atoms with van der Waals surface area (Å²) >= 11 is 0. The van der Waals surface area contributed by atoms with Gasteiger partial charge in [-0.25, -0.2) is 0 Å². The van der Waals surface area contributed by atoms with E-state index in [4.69, 9.17) is 0 Å². The minimum atomic E-state index is 0. The molecule has 0 heterocycles. The van der Waals surface area contributed by atoms with Crippen molar-refractivity contribution in [1.29, 1.82) is 0 Å². The van der Waals surface area contributed by atoms with Crippen molar-refractivity contribution in [2.45, 2.75) is 28.7 Å². The Balaban J connectivity index is -0.00000000267. The first-order chi connectivity index (χ1) is 2.00. The van der Waals surface area contributed by atoms with Gasteiger partial charge in [0.25, 0.3) is 0 Å². The van der Waals surface area contributed by atoms with Crippen LogP contribution in [0.1, 0.15) is 28.7 Å². The molecule has 0 nitrogen and oxygen atoms in total. The van der Waals surface area contributed by atoms with Gasteiger partial charge >= 0.3 is 0 Å². The molecule has 0 unspecified atom stereocenters. The van der Waals surface area contributed by atoms with Crippen molar-refractivity contribution in [2.24, 2.45) is 0 Å². The van der Waals surface area contributed by atoms with Crippen molar-refractivity contribution in [2.75, 3.05) is 0 Å². The summed E-state index contributed by atoms with van der Waals surface area (Å²) in [4.78, 5) is 0. The van der Waals surface area contributed by atoms with E-state index in [1.807, 2.05) is 0 Å². The molecule has 0 saturated heterocycles. The molecule has 0 amide bonds. The van der Waals surface area contributed by atoms with Crippen LogP contribution in [0.3, 0.4) is 0 Å². The maximum atomic E-state index is 3.25. The Hall–Kier alpha value is 0.922. The molecule has 0 spiro atoms. The van der Waals surface area contributed by atoms with Gasteiger partial charge < -0.3 is 0 Å². The molecule has 0 aliphatic rings. The quantitative estimate of drug-likeness (QED) is 0.603. The first-order valence-corrected chi connectivity index (χ1v) is 1.41. The predicted molar refractivity (Wildman–Crippen MR) is 41.3 cm³/mol. The molecule has 46 valence electrons. The fourth-order valence-electron chi connectivity index (χ4n) is 0. The van der Waals surface area contributed by atoms with E-state index < -0.39 is 0 Å². The molecule has 0 aromatic rings. The van der Waals surface area contributed by atoms with Gasteiger partial charge in [-0.05, 0) is 0 Å². The predicted octanol–water partition coefficient (Wildman–Crippen LogP) is 2.57. The van der Waals surface area contributed by atoms with Gasteiger partial charge in [0, 0.05) is 27.3 Å². The molecular formula is C6H18Pb. The monoisotopic (exact) mass is 298 g/mol. The summed E-state index contributed by atoms with van der Waals surface area (Å²) < 4.78 is 0. The van der Waals surface area contributed by atoms with Crippen molar-refractivity contribution >= 4 is 27.3 Å². The Bertz CT molecular complexity index is 4.14. The van der Waals surface area contributed by atoms with Crippen molar-refractivity contribution in [1.82, 2.24) is 0 Å². The van der Waals surface area contributed by atoms with Crippen molar-refractivity contribution in [3.8, 4) is 0 Å². The zero-order valence-electron chi connectivity index (χ0n) is 3.91. The van der Waals surface area contributed by atoms with Crippen LogP contribution in [0.15, 0.2) is 0 Å². The fourth-order valence-corrected chi connectivity index (χ4v) is 0. The molecule has 0 aliphatic carbocycles. The van der Waals surface area contributed by atoms with Crippen LogP contribution in [-0.2, 0) is 0 Å². The minimum absolute atomic E-state index is 0.